The molecule has 0 saturated heterocycles. The Hall–Kier alpha value is -1.02. The summed E-state index contributed by atoms with van der Waals surface area (Å²) >= 11 is 0. The van der Waals surface area contributed by atoms with Gasteiger partial charge in [0.1, 0.15) is 5.75 Å². The Labute approximate surface area is 79.7 Å². The third-order valence-corrected chi connectivity index (χ3v) is 2.10. The van der Waals surface area contributed by atoms with Gasteiger partial charge in [-0.3, -0.25) is 0 Å². The van der Waals surface area contributed by atoms with E-state index in [-0.39, 0.29) is 0 Å². The lowest BCUT2D eigenvalue weighted by molar-refractivity contribution is 0.313. The standard InChI is InChI=1S/C11H17NO/c1-9-4-5-11(8-10(9)2)13-7-3-6-12/h4-5,8H,3,6-7,12H2,1-2H3. The molecule has 2 N–H and O–H groups in total. The summed E-state index contributed by atoms with van der Waals surface area (Å²) in [5.74, 6) is 0.941. The minimum atomic E-state index is 0.685. The molecule has 0 aliphatic rings. The Kier molecular flexibility index (Phi) is 3.77. The van der Waals surface area contributed by atoms with Gasteiger partial charge in [0.05, 0.1) is 6.61 Å². The first kappa shape index (κ1) is 10.1. The molecule has 0 atom stereocenters. The summed E-state index contributed by atoms with van der Waals surface area (Å²) < 4.78 is 5.50. The molecule has 0 saturated carbocycles. The molecule has 1 aromatic carbocycles. The van der Waals surface area contributed by atoms with Crippen molar-refractivity contribution in [3.8, 4) is 5.75 Å². The number of hydrogen-bond donors (Lipinski definition) is 1. The number of nitrogens with two attached hydrogens (primary N) is 1. The molecule has 0 spiro atoms. The third-order valence-electron chi connectivity index (χ3n) is 2.10. The van der Waals surface area contributed by atoms with Crippen molar-refractivity contribution in [2.45, 2.75) is 20.3 Å². The van der Waals surface area contributed by atoms with Crippen molar-refractivity contribution in [3.05, 3.63) is 29.3 Å². The van der Waals surface area contributed by atoms with Gasteiger partial charge in [-0.05, 0) is 50.1 Å². The summed E-state index contributed by atoms with van der Waals surface area (Å²) in [6.07, 6.45) is 0.910. The molecule has 0 amide bonds. The van der Waals surface area contributed by atoms with Crippen LogP contribution in [-0.4, -0.2) is 13.2 Å². The second-order valence-electron chi connectivity index (χ2n) is 3.24. The monoisotopic (exact) mass is 179 g/mol. The molecule has 2 nitrogen and oxygen atoms in total. The van der Waals surface area contributed by atoms with E-state index in [9.17, 15) is 0 Å². The summed E-state index contributed by atoms with van der Waals surface area (Å²) in [4.78, 5) is 0. The lowest BCUT2D eigenvalue weighted by Gasteiger charge is -2.07. The van der Waals surface area contributed by atoms with Gasteiger partial charge in [0.2, 0.25) is 0 Å². The van der Waals surface area contributed by atoms with Crippen LogP contribution in [-0.2, 0) is 0 Å². The van der Waals surface area contributed by atoms with E-state index in [0.717, 1.165) is 12.2 Å². The topological polar surface area (TPSA) is 35.2 Å². The van der Waals surface area contributed by atoms with Gasteiger partial charge in [-0.15, -0.1) is 0 Å². The fourth-order valence-corrected chi connectivity index (χ4v) is 1.08. The van der Waals surface area contributed by atoms with Crippen LogP contribution < -0.4 is 10.5 Å². The van der Waals surface area contributed by atoms with Gasteiger partial charge in [0.25, 0.3) is 0 Å². The van der Waals surface area contributed by atoms with Crippen molar-refractivity contribution < 1.29 is 4.74 Å². The van der Waals surface area contributed by atoms with Crippen LogP contribution in [0.1, 0.15) is 17.5 Å². The van der Waals surface area contributed by atoms with Crippen LogP contribution >= 0.6 is 0 Å². The molecule has 0 aliphatic carbocycles. The Morgan fingerprint density at radius 1 is 1.23 bits per heavy atom. The van der Waals surface area contributed by atoms with Crippen molar-refractivity contribution in [2.75, 3.05) is 13.2 Å². The first-order valence-corrected chi connectivity index (χ1v) is 4.64. The summed E-state index contributed by atoms with van der Waals surface area (Å²) in [5, 5.41) is 0. The summed E-state index contributed by atoms with van der Waals surface area (Å²) in [6.45, 7) is 5.58. The largest absolute Gasteiger partial charge is 0.494 e. The highest BCUT2D eigenvalue weighted by molar-refractivity contribution is 5.33. The van der Waals surface area contributed by atoms with E-state index in [1.54, 1.807) is 0 Å². The summed E-state index contributed by atoms with van der Waals surface area (Å²) in [7, 11) is 0. The van der Waals surface area contributed by atoms with Gasteiger partial charge in [-0.25, -0.2) is 0 Å². The highest BCUT2D eigenvalue weighted by Crippen LogP contribution is 2.16. The minimum absolute atomic E-state index is 0.685. The number of ether oxygens (including phenoxy) is 1. The van der Waals surface area contributed by atoms with Crippen LogP contribution in [0.3, 0.4) is 0 Å². The Morgan fingerprint density at radius 2 is 2.00 bits per heavy atom. The second-order valence-corrected chi connectivity index (χ2v) is 3.24. The van der Waals surface area contributed by atoms with Crippen molar-refractivity contribution in [2.24, 2.45) is 5.73 Å². The van der Waals surface area contributed by atoms with Gasteiger partial charge >= 0.3 is 0 Å². The van der Waals surface area contributed by atoms with Gasteiger partial charge < -0.3 is 10.5 Å². The zero-order valence-electron chi connectivity index (χ0n) is 8.34. The Balaban J connectivity index is 2.53. The van der Waals surface area contributed by atoms with Gasteiger partial charge in [-0.1, -0.05) is 6.07 Å². The molecule has 2 heteroatoms. The Morgan fingerprint density at radius 3 is 2.62 bits per heavy atom. The van der Waals surface area contributed by atoms with Gasteiger partial charge in [0.15, 0.2) is 0 Å². The van der Waals surface area contributed by atoms with Crippen LogP contribution in [0.4, 0.5) is 0 Å². The molecular weight excluding hydrogens is 162 g/mol. The van der Waals surface area contributed by atoms with Gasteiger partial charge in [0, 0.05) is 0 Å². The van der Waals surface area contributed by atoms with Crippen molar-refractivity contribution in [1.82, 2.24) is 0 Å². The normalized spacial score (nSPS) is 10.1. The highest BCUT2D eigenvalue weighted by atomic mass is 16.5. The van der Waals surface area contributed by atoms with Gasteiger partial charge in [-0.2, -0.15) is 0 Å². The van der Waals surface area contributed by atoms with E-state index < -0.39 is 0 Å². The molecule has 13 heavy (non-hydrogen) atoms. The predicted octanol–water partition coefficient (Wildman–Crippen LogP) is 2.03. The first-order valence-electron chi connectivity index (χ1n) is 4.64. The number of benzene rings is 1. The van der Waals surface area contributed by atoms with E-state index in [2.05, 4.69) is 26.0 Å². The maximum absolute atomic E-state index is 5.50. The van der Waals surface area contributed by atoms with Crippen LogP contribution in [0.2, 0.25) is 0 Å². The van der Waals surface area contributed by atoms with E-state index in [0.29, 0.717) is 13.2 Å². The van der Waals surface area contributed by atoms with Crippen molar-refractivity contribution in [3.63, 3.8) is 0 Å². The average molecular weight is 179 g/mol. The van der Waals surface area contributed by atoms with Crippen LogP contribution in [0.5, 0.6) is 5.75 Å². The molecule has 1 rings (SSSR count). The lowest BCUT2D eigenvalue weighted by atomic mass is 10.1. The van der Waals surface area contributed by atoms with E-state index >= 15 is 0 Å². The molecule has 0 heterocycles. The molecule has 0 radical (unpaired) electrons. The third kappa shape index (κ3) is 3.07. The SMILES string of the molecule is Cc1ccc(OCCCN)cc1C. The minimum Gasteiger partial charge on any atom is -0.494 e. The molecular formula is C11H17NO. The van der Waals surface area contributed by atoms with Crippen LogP contribution in [0, 0.1) is 13.8 Å². The van der Waals surface area contributed by atoms with E-state index in [1.165, 1.54) is 11.1 Å². The summed E-state index contributed by atoms with van der Waals surface area (Å²) in [5.41, 5.74) is 7.93. The lowest BCUT2D eigenvalue weighted by Crippen LogP contribution is -2.06. The molecule has 0 unspecified atom stereocenters. The molecule has 1 aromatic rings. The smallest absolute Gasteiger partial charge is 0.119 e. The zero-order chi connectivity index (χ0) is 9.68. The highest BCUT2D eigenvalue weighted by Gasteiger charge is 1.96. The molecule has 0 aromatic heterocycles. The van der Waals surface area contributed by atoms with Crippen molar-refractivity contribution >= 4 is 0 Å². The zero-order valence-corrected chi connectivity index (χ0v) is 8.34. The van der Waals surface area contributed by atoms with E-state index in [1.807, 2.05) is 6.07 Å². The molecule has 0 aliphatic heterocycles. The fourth-order valence-electron chi connectivity index (χ4n) is 1.08. The van der Waals surface area contributed by atoms with E-state index in [4.69, 9.17) is 10.5 Å². The number of aryl methyl sites for hydroxylation is 2. The molecule has 0 fully saturated rings. The maximum Gasteiger partial charge on any atom is 0.119 e. The first-order chi connectivity index (χ1) is 6.24. The quantitative estimate of drug-likeness (QED) is 0.718. The maximum atomic E-state index is 5.50. The molecule has 0 bridgehead atoms. The summed E-state index contributed by atoms with van der Waals surface area (Å²) in [6, 6.07) is 6.14. The number of hydrogen-bond acceptors (Lipinski definition) is 2. The van der Waals surface area contributed by atoms with Crippen LogP contribution in [0.25, 0.3) is 0 Å². The second kappa shape index (κ2) is 4.87. The average Bonchev–Trinajstić information content (AvgIpc) is 2.12. The fraction of sp³-hybridized carbons (Fsp3) is 0.455. The predicted molar refractivity (Wildman–Crippen MR) is 55.1 cm³/mol. The number of rotatable bonds is 4. The van der Waals surface area contributed by atoms with Crippen molar-refractivity contribution in [1.29, 1.82) is 0 Å². The van der Waals surface area contributed by atoms with Crippen LogP contribution in [0.15, 0.2) is 18.2 Å². The Bertz CT molecular complexity index is 271. The molecule has 72 valence electrons.